The van der Waals surface area contributed by atoms with E-state index in [0.717, 1.165) is 44.1 Å². The van der Waals surface area contributed by atoms with Gasteiger partial charge in [-0.15, -0.1) is 0 Å². The molecule has 134 valence electrons. The average Bonchev–Trinajstić information content (AvgIpc) is 2.54. The van der Waals surface area contributed by atoms with Gasteiger partial charge in [0.15, 0.2) is 0 Å². The number of nitrogens with one attached hydrogen (secondary N) is 2. The largest absolute Gasteiger partial charge is 0.462 e. The van der Waals surface area contributed by atoms with Crippen molar-refractivity contribution in [3.63, 3.8) is 0 Å². The normalized spacial score (nSPS) is 17.5. The van der Waals surface area contributed by atoms with E-state index in [1.165, 1.54) is 0 Å². The van der Waals surface area contributed by atoms with Crippen LogP contribution in [0.4, 0.5) is 4.39 Å². The Bertz CT molecular complexity index is 700. The lowest BCUT2D eigenvalue weighted by molar-refractivity contribution is 0.0525. The zero-order chi connectivity index (χ0) is 17.8. The first-order valence-corrected chi connectivity index (χ1v) is 9.42. The molecule has 0 saturated carbocycles. The molecule has 1 aromatic rings. The molecule has 24 heavy (non-hydrogen) atoms. The Hall–Kier alpha value is -1.51. The molecular formula is C16H23FN2O4S. The quantitative estimate of drug-likeness (QED) is 0.756. The molecule has 0 unspecified atom stereocenters. The van der Waals surface area contributed by atoms with E-state index in [1.807, 2.05) is 6.92 Å². The Kier molecular flexibility index (Phi) is 5.95. The maximum atomic E-state index is 13.7. The number of piperidine rings is 1. The first-order chi connectivity index (χ1) is 11.3. The molecule has 0 spiro atoms. The smallest absolute Gasteiger partial charge is 0.338 e. The van der Waals surface area contributed by atoms with E-state index in [2.05, 4.69) is 10.0 Å². The van der Waals surface area contributed by atoms with E-state index in [4.69, 9.17) is 4.74 Å². The van der Waals surface area contributed by atoms with Crippen molar-refractivity contribution < 1.29 is 22.3 Å². The topological polar surface area (TPSA) is 84.5 Å². The van der Waals surface area contributed by atoms with Crippen LogP contribution in [0.1, 0.15) is 37.0 Å². The van der Waals surface area contributed by atoms with Crippen molar-refractivity contribution in [3.05, 3.63) is 29.6 Å². The van der Waals surface area contributed by atoms with Crippen LogP contribution in [0.15, 0.2) is 23.1 Å². The van der Waals surface area contributed by atoms with Crippen molar-refractivity contribution >= 4 is 16.0 Å². The molecule has 2 rings (SSSR count). The maximum Gasteiger partial charge on any atom is 0.338 e. The van der Waals surface area contributed by atoms with Crippen LogP contribution < -0.4 is 10.0 Å². The number of rotatable bonds is 6. The molecule has 8 heteroatoms. The second-order valence-electron chi connectivity index (χ2n) is 6.28. The van der Waals surface area contributed by atoms with Gasteiger partial charge in [0.2, 0.25) is 10.0 Å². The molecule has 0 bridgehead atoms. The summed E-state index contributed by atoms with van der Waals surface area (Å²) in [5.74, 6) is -1.55. The molecule has 0 atom stereocenters. The first kappa shape index (κ1) is 18.8. The summed E-state index contributed by atoms with van der Waals surface area (Å²) in [4.78, 5) is 11.4. The van der Waals surface area contributed by atoms with E-state index < -0.39 is 21.8 Å². The highest BCUT2D eigenvalue weighted by Crippen LogP contribution is 2.27. The van der Waals surface area contributed by atoms with Crippen LogP contribution in [0.2, 0.25) is 0 Å². The number of esters is 1. The van der Waals surface area contributed by atoms with E-state index >= 15 is 0 Å². The van der Waals surface area contributed by atoms with Crippen LogP contribution in [0, 0.1) is 11.2 Å². The minimum absolute atomic E-state index is 0.120. The molecule has 1 aliphatic rings. The van der Waals surface area contributed by atoms with Gasteiger partial charge < -0.3 is 10.1 Å². The summed E-state index contributed by atoms with van der Waals surface area (Å²) in [5, 5.41) is 3.23. The highest BCUT2D eigenvalue weighted by molar-refractivity contribution is 7.89. The summed E-state index contributed by atoms with van der Waals surface area (Å²) in [6.45, 7) is 5.71. The fourth-order valence-electron chi connectivity index (χ4n) is 2.61. The first-order valence-electron chi connectivity index (χ1n) is 7.94. The molecule has 0 radical (unpaired) electrons. The second kappa shape index (κ2) is 7.58. The van der Waals surface area contributed by atoms with Crippen LogP contribution in [-0.4, -0.2) is 40.6 Å². The van der Waals surface area contributed by atoms with Gasteiger partial charge in [-0.1, -0.05) is 6.92 Å². The number of hydrogen-bond acceptors (Lipinski definition) is 5. The van der Waals surface area contributed by atoms with Gasteiger partial charge in [0.05, 0.1) is 17.1 Å². The SMILES string of the molecule is CCOC(=O)c1cc(F)cc(S(=O)(=O)NCC2(C)CCNCC2)c1. The standard InChI is InChI=1S/C16H23FN2O4S/c1-3-23-15(20)12-8-13(17)10-14(9-12)24(21,22)19-11-16(2)4-6-18-7-5-16/h8-10,18-19H,3-7,11H2,1-2H3. The summed E-state index contributed by atoms with van der Waals surface area (Å²) in [6, 6.07) is 3.00. The van der Waals surface area contributed by atoms with E-state index in [9.17, 15) is 17.6 Å². The average molecular weight is 358 g/mol. The van der Waals surface area contributed by atoms with E-state index in [0.29, 0.717) is 0 Å². The van der Waals surface area contributed by atoms with Gasteiger partial charge in [0, 0.05) is 6.54 Å². The molecule has 6 nitrogen and oxygen atoms in total. The van der Waals surface area contributed by atoms with Crippen molar-refractivity contribution in [2.45, 2.75) is 31.6 Å². The molecule has 0 aliphatic carbocycles. The van der Waals surface area contributed by atoms with Crippen LogP contribution >= 0.6 is 0 Å². The number of carbonyl (C=O) groups is 1. The van der Waals surface area contributed by atoms with Crippen LogP contribution in [-0.2, 0) is 14.8 Å². The number of hydrogen-bond donors (Lipinski definition) is 2. The highest BCUT2D eigenvalue weighted by Gasteiger charge is 2.29. The number of sulfonamides is 1. The molecule has 1 aromatic carbocycles. The second-order valence-corrected chi connectivity index (χ2v) is 8.05. The zero-order valence-corrected chi connectivity index (χ0v) is 14.7. The Labute approximate surface area is 141 Å². The Balaban J connectivity index is 2.17. The third-order valence-electron chi connectivity index (χ3n) is 4.19. The number of ether oxygens (including phenoxy) is 1. The molecule has 0 aromatic heterocycles. The lowest BCUT2D eigenvalue weighted by Crippen LogP contribution is -2.42. The molecule has 1 fully saturated rings. The van der Waals surface area contributed by atoms with Gasteiger partial charge in [-0.3, -0.25) is 0 Å². The molecular weight excluding hydrogens is 335 g/mol. The van der Waals surface area contributed by atoms with Crippen molar-refractivity contribution in [2.24, 2.45) is 5.41 Å². The number of carbonyl (C=O) groups excluding carboxylic acids is 1. The maximum absolute atomic E-state index is 13.7. The predicted octanol–water partition coefficient (Wildman–Crippen LogP) is 1.67. The Morgan fingerprint density at radius 3 is 2.62 bits per heavy atom. The van der Waals surface area contributed by atoms with Gasteiger partial charge in [0.1, 0.15) is 5.82 Å². The summed E-state index contributed by atoms with van der Waals surface area (Å²) < 4.78 is 46.0. The fourth-order valence-corrected chi connectivity index (χ4v) is 3.86. The Morgan fingerprint density at radius 2 is 2.00 bits per heavy atom. The van der Waals surface area contributed by atoms with Crippen LogP contribution in [0.3, 0.4) is 0 Å². The molecule has 1 saturated heterocycles. The molecule has 1 heterocycles. The third kappa shape index (κ3) is 4.75. The molecule has 0 amide bonds. The zero-order valence-electron chi connectivity index (χ0n) is 13.9. The Morgan fingerprint density at radius 1 is 1.33 bits per heavy atom. The fraction of sp³-hybridized carbons (Fsp3) is 0.562. The van der Waals surface area contributed by atoms with Gasteiger partial charge >= 0.3 is 5.97 Å². The lowest BCUT2D eigenvalue weighted by atomic mass is 9.81. The monoisotopic (exact) mass is 358 g/mol. The highest BCUT2D eigenvalue weighted by atomic mass is 32.2. The van der Waals surface area contributed by atoms with Crippen molar-refractivity contribution in [3.8, 4) is 0 Å². The van der Waals surface area contributed by atoms with Crippen molar-refractivity contribution in [2.75, 3.05) is 26.2 Å². The third-order valence-corrected chi connectivity index (χ3v) is 5.57. The summed E-state index contributed by atoms with van der Waals surface area (Å²) in [6.07, 6.45) is 1.71. The van der Waals surface area contributed by atoms with Gasteiger partial charge in [-0.2, -0.15) is 0 Å². The van der Waals surface area contributed by atoms with Crippen molar-refractivity contribution in [1.82, 2.24) is 10.0 Å². The van der Waals surface area contributed by atoms with Crippen LogP contribution in [0.5, 0.6) is 0 Å². The predicted molar refractivity (Wildman–Crippen MR) is 87.8 cm³/mol. The molecule has 2 N–H and O–H groups in total. The summed E-state index contributed by atoms with van der Waals surface area (Å²) >= 11 is 0. The summed E-state index contributed by atoms with van der Waals surface area (Å²) in [5.41, 5.74) is -0.263. The minimum atomic E-state index is -3.91. The van der Waals surface area contributed by atoms with Crippen LogP contribution in [0.25, 0.3) is 0 Å². The number of benzene rings is 1. The van der Waals surface area contributed by atoms with E-state index in [-0.39, 0.29) is 29.0 Å². The minimum Gasteiger partial charge on any atom is -0.462 e. The van der Waals surface area contributed by atoms with Gasteiger partial charge in [-0.25, -0.2) is 22.3 Å². The number of halogens is 1. The van der Waals surface area contributed by atoms with Gasteiger partial charge in [-0.05, 0) is 56.5 Å². The lowest BCUT2D eigenvalue weighted by Gasteiger charge is -2.34. The molecule has 1 aliphatic heterocycles. The van der Waals surface area contributed by atoms with Crippen molar-refractivity contribution in [1.29, 1.82) is 0 Å². The summed E-state index contributed by atoms with van der Waals surface area (Å²) in [7, 11) is -3.91. The van der Waals surface area contributed by atoms with E-state index in [1.54, 1.807) is 6.92 Å². The van der Waals surface area contributed by atoms with Gasteiger partial charge in [0.25, 0.3) is 0 Å².